The topological polar surface area (TPSA) is 43.6 Å². The number of para-hydroxylation sites is 1. The van der Waals surface area contributed by atoms with E-state index >= 15 is 0 Å². The quantitative estimate of drug-likeness (QED) is 0.676. The number of nitrogens with zero attached hydrogens (tertiary/aromatic N) is 2. The van der Waals surface area contributed by atoms with Gasteiger partial charge in [0.1, 0.15) is 5.75 Å². The van der Waals surface area contributed by atoms with Crippen molar-refractivity contribution in [2.45, 2.75) is 13.3 Å². The van der Waals surface area contributed by atoms with Gasteiger partial charge in [-0.05, 0) is 19.1 Å². The van der Waals surface area contributed by atoms with Gasteiger partial charge in [0.15, 0.2) is 10.7 Å². The van der Waals surface area contributed by atoms with Crippen molar-refractivity contribution in [3.63, 3.8) is 0 Å². The Kier molecular flexibility index (Phi) is 3.52. The van der Waals surface area contributed by atoms with Crippen molar-refractivity contribution in [3.8, 4) is 5.75 Å². The molecule has 0 saturated heterocycles. The second-order valence-electron chi connectivity index (χ2n) is 4.35. The SMILES string of the molecule is CCOc1ccccc1C(=O)Cc1cn2ccsc2n1. The highest BCUT2D eigenvalue weighted by molar-refractivity contribution is 7.15. The van der Waals surface area contributed by atoms with Crippen LogP contribution < -0.4 is 4.74 Å². The lowest BCUT2D eigenvalue weighted by Crippen LogP contribution is -2.07. The summed E-state index contributed by atoms with van der Waals surface area (Å²) >= 11 is 1.56. The third-order valence-corrected chi connectivity index (χ3v) is 3.74. The highest BCUT2D eigenvalue weighted by atomic mass is 32.1. The molecule has 5 heteroatoms. The van der Waals surface area contributed by atoms with E-state index in [1.165, 1.54) is 0 Å². The van der Waals surface area contributed by atoms with Crippen LogP contribution in [-0.4, -0.2) is 21.8 Å². The number of imidazole rings is 1. The number of hydrogen-bond acceptors (Lipinski definition) is 4. The number of ketones is 1. The lowest BCUT2D eigenvalue weighted by molar-refractivity contribution is 0.0988. The lowest BCUT2D eigenvalue weighted by atomic mass is 10.1. The Morgan fingerprint density at radius 3 is 3.05 bits per heavy atom. The van der Waals surface area contributed by atoms with Crippen LogP contribution in [0, 0.1) is 0 Å². The summed E-state index contributed by atoms with van der Waals surface area (Å²) in [5, 5.41) is 1.97. The third-order valence-electron chi connectivity index (χ3n) is 2.97. The van der Waals surface area contributed by atoms with Gasteiger partial charge in [-0.2, -0.15) is 0 Å². The maximum atomic E-state index is 12.4. The summed E-state index contributed by atoms with van der Waals surface area (Å²) in [7, 11) is 0. The molecule has 0 aliphatic carbocycles. The van der Waals surface area contributed by atoms with Gasteiger partial charge >= 0.3 is 0 Å². The van der Waals surface area contributed by atoms with Crippen molar-refractivity contribution >= 4 is 22.1 Å². The number of rotatable bonds is 5. The number of fused-ring (bicyclic) bond motifs is 1. The van der Waals surface area contributed by atoms with E-state index in [0.717, 1.165) is 10.7 Å². The van der Waals surface area contributed by atoms with Crippen molar-refractivity contribution in [1.82, 2.24) is 9.38 Å². The van der Waals surface area contributed by atoms with E-state index in [1.54, 1.807) is 17.4 Å². The first kappa shape index (κ1) is 12.9. The number of hydrogen-bond donors (Lipinski definition) is 0. The van der Waals surface area contributed by atoms with Crippen LogP contribution in [0.3, 0.4) is 0 Å². The molecule has 0 radical (unpaired) electrons. The minimum absolute atomic E-state index is 0.0276. The van der Waals surface area contributed by atoms with Crippen molar-refractivity contribution in [2.24, 2.45) is 0 Å². The van der Waals surface area contributed by atoms with Gasteiger partial charge in [-0.3, -0.25) is 9.20 Å². The first-order valence-corrected chi connectivity index (χ1v) is 7.32. The summed E-state index contributed by atoms with van der Waals surface area (Å²) in [5.74, 6) is 0.667. The average Bonchev–Trinajstić information content (AvgIpc) is 3.00. The third kappa shape index (κ3) is 2.44. The maximum Gasteiger partial charge on any atom is 0.193 e. The van der Waals surface area contributed by atoms with E-state index < -0.39 is 0 Å². The summed E-state index contributed by atoms with van der Waals surface area (Å²) in [4.78, 5) is 17.7. The molecule has 0 aliphatic rings. The Morgan fingerprint density at radius 2 is 2.25 bits per heavy atom. The van der Waals surface area contributed by atoms with Crippen LogP contribution in [-0.2, 0) is 6.42 Å². The number of thiazole rings is 1. The smallest absolute Gasteiger partial charge is 0.193 e. The van der Waals surface area contributed by atoms with Crippen molar-refractivity contribution < 1.29 is 9.53 Å². The maximum absolute atomic E-state index is 12.4. The Morgan fingerprint density at radius 1 is 1.40 bits per heavy atom. The summed E-state index contributed by atoms with van der Waals surface area (Å²) in [6.45, 7) is 2.45. The van der Waals surface area contributed by atoms with Gasteiger partial charge in [0.05, 0.1) is 24.3 Å². The number of carbonyl (C=O) groups excluding carboxylic acids is 1. The molecule has 0 saturated carbocycles. The van der Waals surface area contributed by atoms with Crippen LogP contribution in [0.4, 0.5) is 0 Å². The standard InChI is InChI=1S/C15H14N2O2S/c1-2-19-14-6-4-3-5-12(14)13(18)9-11-10-17-7-8-20-15(17)16-11/h3-8,10H,2,9H2,1H3. The van der Waals surface area contributed by atoms with E-state index in [4.69, 9.17) is 4.74 Å². The fourth-order valence-electron chi connectivity index (χ4n) is 2.10. The van der Waals surface area contributed by atoms with Gasteiger partial charge in [0.25, 0.3) is 0 Å². The Hall–Kier alpha value is -2.14. The monoisotopic (exact) mass is 286 g/mol. The van der Waals surface area contributed by atoms with Crippen LogP contribution in [0.2, 0.25) is 0 Å². The number of ether oxygens (including phenoxy) is 1. The molecule has 3 rings (SSSR count). The molecule has 1 aromatic carbocycles. The van der Waals surface area contributed by atoms with E-state index in [2.05, 4.69) is 4.98 Å². The largest absolute Gasteiger partial charge is 0.493 e. The predicted molar refractivity (Wildman–Crippen MR) is 78.7 cm³/mol. The minimum Gasteiger partial charge on any atom is -0.493 e. The molecule has 0 aliphatic heterocycles. The molecule has 102 valence electrons. The summed E-state index contributed by atoms with van der Waals surface area (Å²) < 4.78 is 7.43. The number of benzene rings is 1. The van der Waals surface area contributed by atoms with Gasteiger partial charge in [-0.25, -0.2) is 4.98 Å². The van der Waals surface area contributed by atoms with Crippen molar-refractivity contribution in [3.05, 3.63) is 53.3 Å². The highest BCUT2D eigenvalue weighted by Crippen LogP contribution is 2.20. The van der Waals surface area contributed by atoms with E-state index in [9.17, 15) is 4.79 Å². The zero-order valence-electron chi connectivity index (χ0n) is 11.1. The highest BCUT2D eigenvalue weighted by Gasteiger charge is 2.14. The van der Waals surface area contributed by atoms with Crippen LogP contribution in [0.25, 0.3) is 4.96 Å². The van der Waals surface area contributed by atoms with Gasteiger partial charge in [0.2, 0.25) is 0 Å². The second-order valence-corrected chi connectivity index (χ2v) is 5.23. The molecule has 0 unspecified atom stereocenters. The molecular formula is C15H14N2O2S. The van der Waals surface area contributed by atoms with Crippen LogP contribution >= 0.6 is 11.3 Å². The van der Waals surface area contributed by atoms with Gasteiger partial charge in [0, 0.05) is 17.8 Å². The van der Waals surface area contributed by atoms with Crippen molar-refractivity contribution in [2.75, 3.05) is 6.61 Å². The molecule has 0 N–H and O–H groups in total. The first-order valence-electron chi connectivity index (χ1n) is 6.44. The van der Waals surface area contributed by atoms with Crippen molar-refractivity contribution in [1.29, 1.82) is 0 Å². The van der Waals surface area contributed by atoms with Crippen LogP contribution in [0.1, 0.15) is 23.0 Å². The number of Topliss-reactive ketones (excluding diaryl/α,β-unsaturated/α-hetero) is 1. The van der Waals surface area contributed by atoms with Crippen LogP contribution in [0.5, 0.6) is 5.75 Å². The summed E-state index contributed by atoms with van der Waals surface area (Å²) in [5.41, 5.74) is 1.40. The fourth-order valence-corrected chi connectivity index (χ4v) is 2.82. The normalized spacial score (nSPS) is 10.8. The molecule has 0 amide bonds. The van der Waals surface area contributed by atoms with E-state index in [0.29, 0.717) is 24.3 Å². The molecule has 20 heavy (non-hydrogen) atoms. The molecule has 4 nitrogen and oxygen atoms in total. The molecule has 0 bridgehead atoms. The van der Waals surface area contributed by atoms with Gasteiger partial charge in [-0.15, -0.1) is 11.3 Å². The van der Waals surface area contributed by atoms with E-state index in [1.807, 2.05) is 47.3 Å². The van der Waals surface area contributed by atoms with Gasteiger partial charge in [-0.1, -0.05) is 12.1 Å². The molecule has 0 spiro atoms. The number of carbonyl (C=O) groups is 1. The van der Waals surface area contributed by atoms with E-state index in [-0.39, 0.29) is 5.78 Å². The molecule has 2 aromatic heterocycles. The Labute approximate surface area is 120 Å². The first-order chi connectivity index (χ1) is 9.78. The minimum atomic E-state index is 0.0276. The Bertz CT molecular complexity index is 717. The van der Waals surface area contributed by atoms with Gasteiger partial charge < -0.3 is 4.74 Å². The van der Waals surface area contributed by atoms with Crippen LogP contribution in [0.15, 0.2) is 42.0 Å². The molecule has 3 aromatic rings. The zero-order chi connectivity index (χ0) is 13.9. The molecule has 0 atom stereocenters. The fraction of sp³-hybridized carbons (Fsp3) is 0.200. The number of aromatic nitrogens is 2. The molecular weight excluding hydrogens is 272 g/mol. The zero-order valence-corrected chi connectivity index (χ0v) is 11.9. The molecule has 2 heterocycles. The lowest BCUT2D eigenvalue weighted by Gasteiger charge is -2.08. The summed E-state index contributed by atoms with van der Waals surface area (Å²) in [6, 6.07) is 7.34. The Balaban J connectivity index is 1.84. The average molecular weight is 286 g/mol. The molecule has 0 fully saturated rings. The predicted octanol–water partition coefficient (Wildman–Crippen LogP) is 3.22. The summed E-state index contributed by atoms with van der Waals surface area (Å²) in [6.07, 6.45) is 4.13. The second kappa shape index (κ2) is 5.46.